The van der Waals surface area contributed by atoms with E-state index >= 15 is 0 Å². The molecule has 2 bridgehead atoms. The summed E-state index contributed by atoms with van der Waals surface area (Å²) in [5, 5.41) is 3.76. The third kappa shape index (κ3) is 2.16. The number of allylic oxidation sites excluding steroid dienone is 2. The average Bonchev–Trinajstić information content (AvgIpc) is 2.81. The van der Waals surface area contributed by atoms with E-state index in [2.05, 4.69) is 31.3 Å². The molecule has 4 aliphatic rings. The van der Waals surface area contributed by atoms with Gasteiger partial charge >= 0.3 is 0 Å². The zero-order chi connectivity index (χ0) is 15.6. The number of ether oxygens (including phenoxy) is 1. The van der Waals surface area contributed by atoms with Crippen LogP contribution in [0.4, 0.5) is 0 Å². The van der Waals surface area contributed by atoms with Crippen molar-refractivity contribution in [2.24, 2.45) is 0 Å². The minimum atomic E-state index is 0.278. The Hall–Kier alpha value is -1.35. The molecule has 0 saturated carbocycles. The van der Waals surface area contributed by atoms with Crippen molar-refractivity contribution in [1.29, 1.82) is 0 Å². The largest absolute Gasteiger partial charge is 0.474 e. The second kappa shape index (κ2) is 4.83. The molecular weight excluding hydrogens is 284 g/mol. The van der Waals surface area contributed by atoms with Crippen LogP contribution in [0.1, 0.15) is 74.6 Å². The zero-order valence-corrected chi connectivity index (χ0v) is 14.2. The van der Waals surface area contributed by atoms with Gasteiger partial charge in [0.05, 0.1) is 5.69 Å². The second-order valence-electron chi connectivity index (χ2n) is 8.31. The fourth-order valence-electron chi connectivity index (χ4n) is 5.23. The van der Waals surface area contributed by atoms with Crippen LogP contribution < -0.4 is 10.1 Å². The van der Waals surface area contributed by atoms with Crippen LogP contribution >= 0.6 is 0 Å². The molecule has 122 valence electrons. The van der Waals surface area contributed by atoms with E-state index in [0.29, 0.717) is 18.1 Å². The number of hydrogen-bond acceptors (Lipinski definition) is 3. The molecule has 2 aliphatic carbocycles. The van der Waals surface area contributed by atoms with E-state index in [4.69, 9.17) is 9.72 Å². The zero-order valence-electron chi connectivity index (χ0n) is 14.2. The van der Waals surface area contributed by atoms with E-state index in [-0.39, 0.29) is 5.54 Å². The number of hydrogen-bond donors (Lipinski definition) is 1. The minimum Gasteiger partial charge on any atom is -0.474 e. The molecule has 3 nitrogen and oxygen atoms in total. The van der Waals surface area contributed by atoms with Crippen molar-refractivity contribution >= 4 is 5.57 Å². The van der Waals surface area contributed by atoms with E-state index in [1.54, 1.807) is 5.57 Å². The van der Waals surface area contributed by atoms with Gasteiger partial charge in [-0.05, 0) is 64.0 Å². The lowest BCUT2D eigenvalue weighted by Crippen LogP contribution is -2.50. The standard InChI is InChI=1S/C20H26N2O/c1-12-9-17-15-5-3-4-6-16(15)18(17)21-19(12)23-14-10-13-7-8-20(2,11-14)22-13/h5,9,13-14,16,22H,3-4,6-8,10-11H2,1-2H3. The maximum absolute atomic E-state index is 6.41. The lowest BCUT2D eigenvalue weighted by atomic mass is 9.70. The fourth-order valence-corrected chi connectivity index (χ4v) is 5.23. The first kappa shape index (κ1) is 14.0. The third-order valence-corrected chi connectivity index (χ3v) is 6.37. The molecule has 0 spiro atoms. The van der Waals surface area contributed by atoms with Crippen molar-refractivity contribution in [3.8, 4) is 5.88 Å². The van der Waals surface area contributed by atoms with Gasteiger partial charge in [0.15, 0.2) is 0 Å². The molecule has 2 fully saturated rings. The molecule has 4 atom stereocenters. The Morgan fingerprint density at radius 3 is 3.13 bits per heavy atom. The molecule has 0 aromatic carbocycles. The molecule has 1 aromatic rings. The van der Waals surface area contributed by atoms with Gasteiger partial charge in [0.2, 0.25) is 5.88 Å². The van der Waals surface area contributed by atoms with Gasteiger partial charge in [-0.3, -0.25) is 0 Å². The maximum Gasteiger partial charge on any atom is 0.216 e. The molecule has 1 N–H and O–H groups in total. The van der Waals surface area contributed by atoms with E-state index < -0.39 is 0 Å². The molecule has 3 heteroatoms. The van der Waals surface area contributed by atoms with E-state index in [1.165, 1.54) is 48.9 Å². The SMILES string of the molecule is Cc1cc2c(nc1OC1CC3CCC(C)(C1)N3)C1CCCC=C21. The Morgan fingerprint density at radius 1 is 1.35 bits per heavy atom. The van der Waals surface area contributed by atoms with Crippen LogP contribution in [-0.4, -0.2) is 22.7 Å². The number of nitrogens with one attached hydrogen (secondary N) is 1. The van der Waals surface area contributed by atoms with Gasteiger partial charge in [-0.25, -0.2) is 4.98 Å². The number of rotatable bonds is 2. The number of pyridine rings is 1. The van der Waals surface area contributed by atoms with Crippen LogP contribution in [0.3, 0.4) is 0 Å². The molecule has 4 unspecified atom stereocenters. The van der Waals surface area contributed by atoms with Crippen LogP contribution in [0.5, 0.6) is 5.88 Å². The van der Waals surface area contributed by atoms with Crippen LogP contribution in [0.25, 0.3) is 5.57 Å². The highest BCUT2D eigenvalue weighted by Crippen LogP contribution is 2.51. The summed E-state index contributed by atoms with van der Waals surface area (Å²) in [6.45, 7) is 4.50. The Labute approximate surface area is 138 Å². The van der Waals surface area contributed by atoms with Gasteiger partial charge in [0.1, 0.15) is 6.10 Å². The van der Waals surface area contributed by atoms with Gasteiger partial charge in [-0.1, -0.05) is 6.08 Å². The Morgan fingerprint density at radius 2 is 2.26 bits per heavy atom. The second-order valence-corrected chi connectivity index (χ2v) is 8.31. The molecule has 1 aromatic heterocycles. The summed E-state index contributed by atoms with van der Waals surface area (Å²) in [7, 11) is 0. The Bertz CT molecular complexity index is 695. The monoisotopic (exact) mass is 310 g/mol. The lowest BCUT2D eigenvalue weighted by Gasteiger charge is -2.38. The van der Waals surface area contributed by atoms with Crippen LogP contribution in [0.15, 0.2) is 12.1 Å². The van der Waals surface area contributed by atoms with Crippen LogP contribution in [0.2, 0.25) is 0 Å². The van der Waals surface area contributed by atoms with Crippen molar-refractivity contribution < 1.29 is 4.74 Å². The Balaban J connectivity index is 1.41. The highest BCUT2D eigenvalue weighted by molar-refractivity contribution is 5.83. The fraction of sp³-hybridized carbons (Fsp3) is 0.650. The average molecular weight is 310 g/mol. The van der Waals surface area contributed by atoms with E-state index in [9.17, 15) is 0 Å². The number of aromatic nitrogens is 1. The maximum atomic E-state index is 6.41. The van der Waals surface area contributed by atoms with Gasteiger partial charge in [-0.15, -0.1) is 0 Å². The summed E-state index contributed by atoms with van der Waals surface area (Å²) in [6, 6.07) is 2.95. The quantitative estimate of drug-likeness (QED) is 0.892. The van der Waals surface area contributed by atoms with Crippen molar-refractivity contribution in [2.75, 3.05) is 0 Å². The van der Waals surface area contributed by atoms with E-state index in [0.717, 1.165) is 18.7 Å². The van der Waals surface area contributed by atoms with Crippen molar-refractivity contribution in [1.82, 2.24) is 10.3 Å². The molecule has 0 amide bonds. The molecule has 3 heterocycles. The summed E-state index contributed by atoms with van der Waals surface area (Å²) >= 11 is 0. The molecule has 23 heavy (non-hydrogen) atoms. The van der Waals surface area contributed by atoms with Crippen molar-refractivity contribution in [3.63, 3.8) is 0 Å². The number of fused-ring (bicyclic) bond motifs is 6. The molecule has 2 aliphatic heterocycles. The normalized spacial score (nSPS) is 37.5. The Kier molecular flexibility index (Phi) is 2.94. The van der Waals surface area contributed by atoms with Crippen molar-refractivity contribution in [3.05, 3.63) is 29.0 Å². The predicted molar refractivity (Wildman–Crippen MR) is 91.8 cm³/mol. The van der Waals surface area contributed by atoms with Crippen molar-refractivity contribution in [2.45, 2.75) is 82.4 Å². The summed E-state index contributed by atoms with van der Waals surface area (Å²) < 4.78 is 6.41. The topological polar surface area (TPSA) is 34.1 Å². The summed E-state index contributed by atoms with van der Waals surface area (Å²) in [4.78, 5) is 4.95. The van der Waals surface area contributed by atoms with Gasteiger partial charge < -0.3 is 10.1 Å². The lowest BCUT2D eigenvalue weighted by molar-refractivity contribution is 0.102. The third-order valence-electron chi connectivity index (χ3n) is 6.37. The first-order valence-corrected chi connectivity index (χ1v) is 9.28. The first-order chi connectivity index (χ1) is 11.1. The number of piperidine rings is 1. The number of aryl methyl sites for hydroxylation is 1. The smallest absolute Gasteiger partial charge is 0.216 e. The highest BCUT2D eigenvalue weighted by Gasteiger charge is 2.43. The number of nitrogens with zero attached hydrogens (tertiary/aromatic N) is 1. The van der Waals surface area contributed by atoms with E-state index in [1.807, 2.05) is 0 Å². The van der Waals surface area contributed by atoms with Gasteiger partial charge in [0, 0.05) is 35.0 Å². The van der Waals surface area contributed by atoms with Gasteiger partial charge in [-0.2, -0.15) is 0 Å². The summed E-state index contributed by atoms with van der Waals surface area (Å²) in [5.74, 6) is 1.48. The summed E-state index contributed by atoms with van der Waals surface area (Å²) in [6.07, 6.45) is 11.3. The minimum absolute atomic E-state index is 0.278. The highest BCUT2D eigenvalue weighted by atomic mass is 16.5. The molecule has 5 rings (SSSR count). The van der Waals surface area contributed by atoms with Gasteiger partial charge in [0.25, 0.3) is 0 Å². The molecule has 0 radical (unpaired) electrons. The first-order valence-electron chi connectivity index (χ1n) is 9.28. The summed E-state index contributed by atoms with van der Waals surface area (Å²) in [5.41, 5.74) is 5.70. The van der Waals surface area contributed by atoms with Crippen LogP contribution in [0, 0.1) is 6.92 Å². The van der Waals surface area contributed by atoms with Crippen LogP contribution in [-0.2, 0) is 0 Å². The predicted octanol–water partition coefficient (Wildman–Crippen LogP) is 4.11. The molecular formula is C20H26N2O. The molecule has 2 saturated heterocycles.